The minimum Gasteiger partial charge on any atom is -0.450 e. The van der Waals surface area contributed by atoms with E-state index in [9.17, 15) is 14.0 Å². The Hall–Kier alpha value is -3.30. The minimum atomic E-state index is -0.577. The van der Waals surface area contributed by atoms with Crippen molar-refractivity contribution in [2.75, 3.05) is 18.5 Å². The maximum atomic E-state index is 14.2. The van der Waals surface area contributed by atoms with E-state index in [1.54, 1.807) is 35.3 Å². The van der Waals surface area contributed by atoms with Gasteiger partial charge in [0.05, 0.1) is 28.9 Å². The van der Waals surface area contributed by atoms with Crippen molar-refractivity contribution in [2.24, 2.45) is 0 Å². The zero-order chi connectivity index (χ0) is 22.9. The van der Waals surface area contributed by atoms with Gasteiger partial charge in [0.2, 0.25) is 0 Å². The molecule has 2 aromatic carbocycles. The Labute approximate surface area is 197 Å². The lowest BCUT2D eigenvalue weighted by molar-refractivity contribution is 0.101. The van der Waals surface area contributed by atoms with E-state index in [2.05, 4.69) is 5.32 Å². The highest BCUT2D eigenvalue weighted by atomic mass is 32.1. The molecule has 0 aliphatic carbocycles. The number of carbonyl (C=O) groups is 2. The molecule has 1 N–H and O–H groups in total. The SMILES string of the molecule is CCOC(=O)N1CCc2c(sc(NC(=O)c3ccccc3F)c2-c2nc3ccccc3s2)C1. The van der Waals surface area contributed by atoms with Gasteiger partial charge in [0, 0.05) is 17.0 Å². The van der Waals surface area contributed by atoms with Crippen molar-refractivity contribution in [3.05, 3.63) is 70.4 Å². The zero-order valence-corrected chi connectivity index (χ0v) is 19.4. The van der Waals surface area contributed by atoms with Crippen molar-refractivity contribution in [2.45, 2.75) is 19.9 Å². The molecule has 2 aromatic heterocycles. The Balaban J connectivity index is 1.56. The molecule has 33 heavy (non-hydrogen) atoms. The van der Waals surface area contributed by atoms with Crippen LogP contribution < -0.4 is 5.32 Å². The average molecular weight is 482 g/mol. The van der Waals surface area contributed by atoms with E-state index in [0.29, 0.717) is 31.1 Å². The smallest absolute Gasteiger partial charge is 0.410 e. The van der Waals surface area contributed by atoms with Gasteiger partial charge in [-0.2, -0.15) is 0 Å². The molecular weight excluding hydrogens is 461 g/mol. The quantitative estimate of drug-likeness (QED) is 0.392. The van der Waals surface area contributed by atoms with Crippen LogP contribution in [0.2, 0.25) is 0 Å². The monoisotopic (exact) mass is 481 g/mol. The van der Waals surface area contributed by atoms with Crippen molar-refractivity contribution >= 4 is 49.9 Å². The molecule has 2 amide bonds. The summed E-state index contributed by atoms with van der Waals surface area (Å²) in [5.74, 6) is -1.09. The molecule has 0 saturated carbocycles. The molecule has 0 unspecified atom stereocenters. The molecule has 0 saturated heterocycles. The third-order valence-corrected chi connectivity index (χ3v) is 7.62. The summed E-state index contributed by atoms with van der Waals surface area (Å²) >= 11 is 2.95. The number of carbonyl (C=O) groups excluding carboxylic acids is 2. The highest BCUT2D eigenvalue weighted by Crippen LogP contribution is 2.45. The van der Waals surface area contributed by atoms with Crippen LogP contribution in [0.15, 0.2) is 48.5 Å². The zero-order valence-electron chi connectivity index (χ0n) is 17.8. The number of thiophene rings is 1. The number of aromatic nitrogens is 1. The molecule has 4 aromatic rings. The fourth-order valence-corrected chi connectivity index (χ4v) is 6.25. The first kappa shape index (κ1) is 21.5. The number of nitrogens with zero attached hydrogens (tertiary/aromatic N) is 2. The van der Waals surface area contributed by atoms with Crippen LogP contribution in [0.3, 0.4) is 0 Å². The standard InChI is InChI=1S/C24H20FN3O3S2/c1-2-31-24(30)28-12-11-15-19(13-28)33-23(27-21(29)14-7-3-4-8-16(14)25)20(15)22-26-17-9-5-6-10-18(17)32-22/h3-10H,2,11-13H2,1H3,(H,27,29). The molecule has 6 nitrogen and oxygen atoms in total. The van der Waals surface area contributed by atoms with Crippen LogP contribution in [-0.2, 0) is 17.7 Å². The van der Waals surface area contributed by atoms with Crippen LogP contribution in [0.1, 0.15) is 27.7 Å². The molecule has 0 fully saturated rings. The fourth-order valence-electron chi connectivity index (χ4n) is 3.88. The van der Waals surface area contributed by atoms with E-state index in [1.165, 1.54) is 23.5 Å². The number of nitrogens with one attached hydrogen (secondary N) is 1. The van der Waals surface area contributed by atoms with E-state index in [0.717, 1.165) is 31.2 Å². The first-order valence-corrected chi connectivity index (χ1v) is 12.2. The van der Waals surface area contributed by atoms with Gasteiger partial charge in [0.25, 0.3) is 5.91 Å². The van der Waals surface area contributed by atoms with Gasteiger partial charge in [0.15, 0.2) is 0 Å². The number of amides is 2. The largest absolute Gasteiger partial charge is 0.450 e. The highest BCUT2D eigenvalue weighted by Gasteiger charge is 2.30. The maximum Gasteiger partial charge on any atom is 0.410 e. The Morgan fingerprint density at radius 3 is 2.73 bits per heavy atom. The Bertz CT molecular complexity index is 1330. The number of thiazole rings is 1. The number of hydrogen-bond acceptors (Lipinski definition) is 6. The van der Waals surface area contributed by atoms with Gasteiger partial charge in [0.1, 0.15) is 15.8 Å². The number of hydrogen-bond donors (Lipinski definition) is 1. The second kappa shape index (κ2) is 8.92. The van der Waals surface area contributed by atoms with E-state index in [4.69, 9.17) is 9.72 Å². The number of para-hydroxylation sites is 1. The molecule has 9 heteroatoms. The summed E-state index contributed by atoms with van der Waals surface area (Å²) in [6, 6.07) is 13.8. The third-order valence-electron chi connectivity index (χ3n) is 5.44. The van der Waals surface area contributed by atoms with Crippen molar-refractivity contribution < 1.29 is 18.7 Å². The molecule has 0 bridgehead atoms. The molecule has 1 aliphatic heterocycles. The lowest BCUT2D eigenvalue weighted by Gasteiger charge is -2.26. The lowest BCUT2D eigenvalue weighted by atomic mass is 10.0. The predicted octanol–water partition coefficient (Wildman–Crippen LogP) is 5.93. The fraction of sp³-hybridized carbons (Fsp3) is 0.208. The molecular formula is C24H20FN3O3S2. The first-order chi connectivity index (χ1) is 16.0. The van der Waals surface area contributed by atoms with Crippen LogP contribution in [0, 0.1) is 5.82 Å². The number of ether oxygens (including phenoxy) is 1. The van der Waals surface area contributed by atoms with Gasteiger partial charge in [-0.25, -0.2) is 14.2 Å². The molecule has 0 spiro atoms. The van der Waals surface area contributed by atoms with Gasteiger partial charge in [-0.05, 0) is 43.2 Å². The predicted molar refractivity (Wildman–Crippen MR) is 128 cm³/mol. The lowest BCUT2D eigenvalue weighted by Crippen LogP contribution is -2.35. The van der Waals surface area contributed by atoms with Gasteiger partial charge in [-0.1, -0.05) is 24.3 Å². The van der Waals surface area contributed by atoms with Crippen LogP contribution >= 0.6 is 22.7 Å². The van der Waals surface area contributed by atoms with E-state index in [1.807, 2.05) is 24.3 Å². The Kier molecular flexibility index (Phi) is 5.82. The molecule has 1 aliphatic rings. The van der Waals surface area contributed by atoms with Crippen molar-refractivity contribution in [1.29, 1.82) is 0 Å². The summed E-state index contributed by atoms with van der Waals surface area (Å²) < 4.78 is 20.4. The number of halogens is 1. The molecule has 5 rings (SSSR count). The first-order valence-electron chi connectivity index (χ1n) is 10.5. The van der Waals surface area contributed by atoms with Crippen molar-refractivity contribution in [1.82, 2.24) is 9.88 Å². The van der Waals surface area contributed by atoms with Crippen LogP contribution in [-0.4, -0.2) is 35.0 Å². The second-order valence-electron chi connectivity index (χ2n) is 7.50. The van der Waals surface area contributed by atoms with Crippen LogP contribution in [0.5, 0.6) is 0 Å². The van der Waals surface area contributed by atoms with Gasteiger partial charge < -0.3 is 15.0 Å². The molecule has 3 heterocycles. The summed E-state index contributed by atoms with van der Waals surface area (Å²) in [4.78, 5) is 32.6. The van der Waals surface area contributed by atoms with E-state index >= 15 is 0 Å². The van der Waals surface area contributed by atoms with Gasteiger partial charge in [-0.3, -0.25) is 4.79 Å². The number of benzene rings is 2. The van der Waals surface area contributed by atoms with Gasteiger partial charge in [-0.15, -0.1) is 22.7 Å². The average Bonchev–Trinajstić information content (AvgIpc) is 3.39. The summed E-state index contributed by atoms with van der Waals surface area (Å²) in [5, 5.41) is 4.31. The third kappa shape index (κ3) is 4.09. The van der Waals surface area contributed by atoms with Crippen molar-refractivity contribution in [3.63, 3.8) is 0 Å². The summed E-state index contributed by atoms with van der Waals surface area (Å²) in [7, 11) is 0. The topological polar surface area (TPSA) is 71.5 Å². The van der Waals surface area contributed by atoms with E-state index in [-0.39, 0.29) is 11.7 Å². The van der Waals surface area contributed by atoms with E-state index < -0.39 is 11.7 Å². The highest BCUT2D eigenvalue weighted by molar-refractivity contribution is 7.23. The maximum absolute atomic E-state index is 14.2. The Morgan fingerprint density at radius 2 is 1.94 bits per heavy atom. The minimum absolute atomic E-state index is 0.0210. The Morgan fingerprint density at radius 1 is 1.15 bits per heavy atom. The normalized spacial score (nSPS) is 13.1. The second-order valence-corrected chi connectivity index (χ2v) is 9.63. The van der Waals surface area contributed by atoms with Gasteiger partial charge >= 0.3 is 6.09 Å². The number of anilines is 1. The molecule has 168 valence electrons. The summed E-state index contributed by atoms with van der Waals surface area (Å²) in [5.41, 5.74) is 2.77. The van der Waals surface area contributed by atoms with Crippen LogP contribution in [0.25, 0.3) is 20.8 Å². The van der Waals surface area contributed by atoms with Crippen LogP contribution in [0.4, 0.5) is 14.2 Å². The summed E-state index contributed by atoms with van der Waals surface area (Å²) in [6.07, 6.45) is 0.265. The molecule has 0 radical (unpaired) electrons. The summed E-state index contributed by atoms with van der Waals surface area (Å²) in [6.45, 7) is 3.00. The number of fused-ring (bicyclic) bond motifs is 2. The molecule has 0 atom stereocenters. The van der Waals surface area contributed by atoms with Crippen molar-refractivity contribution in [3.8, 4) is 10.6 Å². The number of rotatable bonds is 4.